The molecule has 1 saturated carbocycles. The maximum atomic E-state index is 11.9. The predicted molar refractivity (Wildman–Crippen MR) is 74.5 cm³/mol. The lowest BCUT2D eigenvalue weighted by atomic mass is 10.0. The SMILES string of the molecule is NC(Cc1ccccc1)C(O)C(=O)NC1CCCC1. The number of nitrogens with two attached hydrogens (primary N) is 1. The standard InChI is InChI=1S/C15H22N2O2/c16-13(10-11-6-2-1-3-7-11)14(18)15(19)17-12-8-4-5-9-12/h1-3,6-7,12-14,18H,4-5,8-10,16H2,(H,17,19). The number of carbonyl (C=O) groups excluding carboxylic acids is 1. The van der Waals surface area contributed by atoms with Gasteiger partial charge < -0.3 is 16.2 Å². The molecule has 1 aromatic rings. The van der Waals surface area contributed by atoms with E-state index in [0.29, 0.717) is 6.42 Å². The quantitative estimate of drug-likeness (QED) is 0.740. The Hall–Kier alpha value is -1.39. The van der Waals surface area contributed by atoms with Crippen molar-refractivity contribution in [3.05, 3.63) is 35.9 Å². The van der Waals surface area contributed by atoms with Crippen LogP contribution in [0, 0.1) is 0 Å². The van der Waals surface area contributed by atoms with Crippen LogP contribution in [0.1, 0.15) is 31.2 Å². The summed E-state index contributed by atoms with van der Waals surface area (Å²) < 4.78 is 0. The molecule has 19 heavy (non-hydrogen) atoms. The first-order valence-electron chi connectivity index (χ1n) is 6.95. The highest BCUT2D eigenvalue weighted by atomic mass is 16.3. The lowest BCUT2D eigenvalue weighted by molar-refractivity contribution is -0.131. The van der Waals surface area contributed by atoms with E-state index in [0.717, 1.165) is 31.2 Å². The minimum absolute atomic E-state index is 0.214. The second-order valence-corrected chi connectivity index (χ2v) is 5.29. The largest absolute Gasteiger partial charge is 0.382 e. The van der Waals surface area contributed by atoms with Crippen molar-refractivity contribution >= 4 is 5.91 Å². The van der Waals surface area contributed by atoms with E-state index < -0.39 is 12.1 Å². The fourth-order valence-corrected chi connectivity index (χ4v) is 2.55. The van der Waals surface area contributed by atoms with Crippen molar-refractivity contribution in [1.82, 2.24) is 5.32 Å². The second-order valence-electron chi connectivity index (χ2n) is 5.29. The van der Waals surface area contributed by atoms with Crippen LogP contribution in [0.25, 0.3) is 0 Å². The number of rotatable bonds is 5. The molecule has 4 nitrogen and oxygen atoms in total. The zero-order valence-electron chi connectivity index (χ0n) is 11.1. The normalized spacial score (nSPS) is 19.1. The third-order valence-electron chi connectivity index (χ3n) is 3.69. The molecule has 2 rings (SSSR count). The van der Waals surface area contributed by atoms with Gasteiger partial charge in [-0.05, 0) is 24.8 Å². The highest BCUT2D eigenvalue weighted by molar-refractivity contribution is 5.81. The number of nitrogens with one attached hydrogen (secondary N) is 1. The van der Waals surface area contributed by atoms with E-state index in [2.05, 4.69) is 5.32 Å². The molecule has 1 amide bonds. The molecule has 4 heteroatoms. The van der Waals surface area contributed by atoms with Crippen molar-refractivity contribution in [1.29, 1.82) is 0 Å². The second kappa shape index (κ2) is 6.68. The van der Waals surface area contributed by atoms with Gasteiger partial charge in [0.15, 0.2) is 0 Å². The highest BCUT2D eigenvalue weighted by Crippen LogP contribution is 2.17. The van der Waals surface area contributed by atoms with E-state index in [1.165, 1.54) is 0 Å². The molecule has 0 radical (unpaired) electrons. The molecule has 0 aromatic heterocycles. The maximum Gasteiger partial charge on any atom is 0.250 e. The first kappa shape index (κ1) is 14.0. The molecule has 0 spiro atoms. The van der Waals surface area contributed by atoms with E-state index in [9.17, 15) is 9.90 Å². The van der Waals surface area contributed by atoms with Crippen LogP contribution in [0.3, 0.4) is 0 Å². The van der Waals surface area contributed by atoms with Crippen LogP contribution >= 0.6 is 0 Å². The Morgan fingerprint density at radius 3 is 2.58 bits per heavy atom. The van der Waals surface area contributed by atoms with Gasteiger partial charge in [-0.1, -0.05) is 43.2 Å². The van der Waals surface area contributed by atoms with Crippen molar-refractivity contribution in [3.63, 3.8) is 0 Å². The Labute approximate surface area is 114 Å². The third kappa shape index (κ3) is 4.04. The summed E-state index contributed by atoms with van der Waals surface area (Å²) in [5.74, 6) is -0.338. The zero-order valence-corrected chi connectivity index (χ0v) is 11.1. The molecule has 2 unspecified atom stereocenters. The minimum atomic E-state index is -1.14. The van der Waals surface area contributed by atoms with Gasteiger partial charge in [-0.3, -0.25) is 4.79 Å². The molecule has 0 heterocycles. The van der Waals surface area contributed by atoms with E-state index in [-0.39, 0.29) is 11.9 Å². The van der Waals surface area contributed by atoms with Gasteiger partial charge >= 0.3 is 0 Å². The van der Waals surface area contributed by atoms with Crippen LogP contribution in [-0.2, 0) is 11.2 Å². The molecule has 0 saturated heterocycles. The Bertz CT molecular complexity index is 402. The Balaban J connectivity index is 1.83. The Morgan fingerprint density at radius 1 is 1.32 bits per heavy atom. The number of carbonyl (C=O) groups is 1. The summed E-state index contributed by atoms with van der Waals surface area (Å²) in [6.45, 7) is 0. The molecule has 0 aliphatic heterocycles. The fraction of sp³-hybridized carbons (Fsp3) is 0.533. The average molecular weight is 262 g/mol. The van der Waals surface area contributed by atoms with Gasteiger partial charge in [0, 0.05) is 12.1 Å². The van der Waals surface area contributed by atoms with Gasteiger partial charge in [0.25, 0.3) is 5.91 Å². The van der Waals surface area contributed by atoms with Crippen LogP contribution in [-0.4, -0.2) is 29.2 Å². The molecule has 1 fully saturated rings. The molecule has 1 aliphatic rings. The Morgan fingerprint density at radius 2 is 1.95 bits per heavy atom. The van der Waals surface area contributed by atoms with Crippen molar-refractivity contribution in [2.24, 2.45) is 5.73 Å². The molecule has 0 bridgehead atoms. The van der Waals surface area contributed by atoms with E-state index >= 15 is 0 Å². The van der Waals surface area contributed by atoms with Gasteiger partial charge in [0.05, 0.1) is 0 Å². The van der Waals surface area contributed by atoms with Crippen LogP contribution in [0.2, 0.25) is 0 Å². The Kier molecular flexibility index (Phi) is 4.93. The van der Waals surface area contributed by atoms with E-state index in [4.69, 9.17) is 5.73 Å². The summed E-state index contributed by atoms with van der Waals surface area (Å²) in [5.41, 5.74) is 6.94. The van der Waals surface area contributed by atoms with E-state index in [1.807, 2.05) is 30.3 Å². The number of aliphatic hydroxyl groups is 1. The smallest absolute Gasteiger partial charge is 0.250 e. The van der Waals surface area contributed by atoms with Crippen LogP contribution in [0.15, 0.2) is 30.3 Å². The van der Waals surface area contributed by atoms with Gasteiger partial charge in [0.2, 0.25) is 0 Å². The van der Waals surface area contributed by atoms with Gasteiger partial charge in [0.1, 0.15) is 6.10 Å². The molecule has 1 aliphatic carbocycles. The van der Waals surface area contributed by atoms with Crippen LogP contribution < -0.4 is 11.1 Å². The number of aliphatic hydroxyl groups excluding tert-OH is 1. The minimum Gasteiger partial charge on any atom is -0.382 e. The molecule has 1 aromatic carbocycles. The summed E-state index contributed by atoms with van der Waals surface area (Å²) in [7, 11) is 0. The summed E-state index contributed by atoms with van der Waals surface area (Å²) in [6.07, 6.45) is 3.67. The van der Waals surface area contributed by atoms with Gasteiger partial charge in [-0.15, -0.1) is 0 Å². The maximum absolute atomic E-state index is 11.9. The summed E-state index contributed by atoms with van der Waals surface area (Å²) in [5, 5.41) is 12.8. The summed E-state index contributed by atoms with van der Waals surface area (Å²) in [6, 6.07) is 9.32. The predicted octanol–water partition coefficient (Wildman–Crippen LogP) is 0.976. The zero-order chi connectivity index (χ0) is 13.7. The lowest BCUT2D eigenvalue weighted by Gasteiger charge is -2.20. The summed E-state index contributed by atoms with van der Waals surface area (Å²) in [4.78, 5) is 11.9. The number of hydrogen-bond acceptors (Lipinski definition) is 3. The topological polar surface area (TPSA) is 75.3 Å². The average Bonchev–Trinajstić information content (AvgIpc) is 2.91. The monoisotopic (exact) mass is 262 g/mol. The van der Waals surface area contributed by atoms with Gasteiger partial charge in [-0.2, -0.15) is 0 Å². The first-order valence-corrected chi connectivity index (χ1v) is 6.95. The van der Waals surface area contributed by atoms with Crippen molar-refractivity contribution in [2.45, 2.75) is 50.3 Å². The van der Waals surface area contributed by atoms with Crippen molar-refractivity contribution in [2.75, 3.05) is 0 Å². The highest BCUT2D eigenvalue weighted by Gasteiger charge is 2.26. The summed E-state index contributed by atoms with van der Waals surface area (Å²) >= 11 is 0. The van der Waals surface area contributed by atoms with E-state index in [1.54, 1.807) is 0 Å². The molecular formula is C15H22N2O2. The number of hydrogen-bond donors (Lipinski definition) is 3. The van der Waals surface area contributed by atoms with Crippen LogP contribution in [0.4, 0.5) is 0 Å². The van der Waals surface area contributed by atoms with Crippen molar-refractivity contribution < 1.29 is 9.90 Å². The van der Waals surface area contributed by atoms with Gasteiger partial charge in [-0.25, -0.2) is 0 Å². The first-order chi connectivity index (χ1) is 9.16. The number of benzene rings is 1. The third-order valence-corrected chi connectivity index (χ3v) is 3.69. The lowest BCUT2D eigenvalue weighted by Crippen LogP contribution is -2.49. The molecule has 4 N–H and O–H groups in total. The van der Waals surface area contributed by atoms with Crippen molar-refractivity contribution in [3.8, 4) is 0 Å². The van der Waals surface area contributed by atoms with Crippen LogP contribution in [0.5, 0.6) is 0 Å². The molecule has 104 valence electrons. The number of amides is 1. The fourth-order valence-electron chi connectivity index (χ4n) is 2.55. The molecule has 2 atom stereocenters. The molecular weight excluding hydrogens is 240 g/mol.